The zero-order valence-corrected chi connectivity index (χ0v) is 17.6. The second-order valence-electron chi connectivity index (χ2n) is 7.62. The quantitative estimate of drug-likeness (QED) is 0.731. The van der Waals surface area contributed by atoms with Crippen LogP contribution in [0.5, 0.6) is 0 Å². The number of aliphatic imine (C=N–C) groups is 1. The highest BCUT2D eigenvalue weighted by Crippen LogP contribution is 2.30. The minimum absolute atomic E-state index is 0.0621. The standard InChI is InChI=1S/C22H22FN3O4S/c23-18-7-3-4-8-20(18)25-31(29,30)15-9-10-19-16(13-15)21(27)17(14-24-19)22(28)26-11-5-1-2-6-12-26/h3-4,7-10,13-14,17,25H,1-2,5-6,11-12H2. The Morgan fingerprint density at radius 1 is 1.06 bits per heavy atom. The Hall–Kier alpha value is -3.07. The molecule has 2 aliphatic heterocycles. The summed E-state index contributed by atoms with van der Waals surface area (Å²) in [7, 11) is -4.15. The summed E-state index contributed by atoms with van der Waals surface area (Å²) < 4.78 is 41.6. The van der Waals surface area contributed by atoms with E-state index in [0.29, 0.717) is 18.8 Å². The molecule has 0 radical (unpaired) electrons. The fourth-order valence-corrected chi connectivity index (χ4v) is 4.89. The third-order valence-electron chi connectivity index (χ3n) is 5.49. The summed E-state index contributed by atoms with van der Waals surface area (Å²) in [6, 6.07) is 9.30. The lowest BCUT2D eigenvalue weighted by molar-refractivity contribution is -0.131. The van der Waals surface area contributed by atoms with E-state index in [9.17, 15) is 22.4 Å². The SMILES string of the molecule is O=C1c2cc(S(=O)(=O)Nc3ccccc3F)ccc2N=CC1C(=O)N1CCCCCC1. The van der Waals surface area contributed by atoms with Gasteiger partial charge in [0.1, 0.15) is 11.7 Å². The first-order valence-electron chi connectivity index (χ1n) is 10.2. The van der Waals surface area contributed by atoms with Gasteiger partial charge in [-0.05, 0) is 43.2 Å². The number of sulfonamides is 1. The Labute approximate surface area is 180 Å². The summed E-state index contributed by atoms with van der Waals surface area (Å²) in [5, 5.41) is 0. The number of carbonyl (C=O) groups is 2. The summed E-state index contributed by atoms with van der Waals surface area (Å²) in [5.41, 5.74) is 0.167. The van der Waals surface area contributed by atoms with Crippen molar-refractivity contribution in [2.75, 3.05) is 17.8 Å². The molecule has 1 unspecified atom stereocenters. The van der Waals surface area contributed by atoms with E-state index in [-0.39, 0.29) is 22.1 Å². The van der Waals surface area contributed by atoms with Crippen LogP contribution in [0.15, 0.2) is 52.4 Å². The van der Waals surface area contributed by atoms with Crippen molar-refractivity contribution >= 4 is 39.3 Å². The number of carbonyl (C=O) groups excluding carboxylic acids is 2. The van der Waals surface area contributed by atoms with Gasteiger partial charge in [0.15, 0.2) is 5.78 Å². The second kappa shape index (κ2) is 8.58. The number of anilines is 1. The van der Waals surface area contributed by atoms with Gasteiger partial charge in [-0.25, -0.2) is 12.8 Å². The number of benzene rings is 2. The summed E-state index contributed by atoms with van der Waals surface area (Å²) in [6.07, 6.45) is 5.23. The van der Waals surface area contributed by atoms with Gasteiger partial charge < -0.3 is 4.90 Å². The van der Waals surface area contributed by atoms with Crippen LogP contribution in [-0.4, -0.2) is 44.3 Å². The number of rotatable bonds is 4. The maximum Gasteiger partial charge on any atom is 0.262 e. The van der Waals surface area contributed by atoms with Crippen LogP contribution in [0.2, 0.25) is 0 Å². The van der Waals surface area contributed by atoms with Crippen molar-refractivity contribution in [1.82, 2.24) is 4.90 Å². The summed E-state index contributed by atoms with van der Waals surface area (Å²) >= 11 is 0. The molecule has 0 aliphatic carbocycles. The number of hydrogen-bond acceptors (Lipinski definition) is 5. The van der Waals surface area contributed by atoms with Crippen LogP contribution < -0.4 is 4.72 Å². The van der Waals surface area contributed by atoms with Gasteiger partial charge in [0.2, 0.25) is 5.91 Å². The van der Waals surface area contributed by atoms with Crippen LogP contribution in [0, 0.1) is 11.7 Å². The van der Waals surface area contributed by atoms with Crippen molar-refractivity contribution in [3.8, 4) is 0 Å². The molecule has 1 amide bonds. The molecule has 31 heavy (non-hydrogen) atoms. The Balaban J connectivity index is 1.60. The Kier molecular flexibility index (Phi) is 5.86. The number of fused-ring (bicyclic) bond motifs is 1. The molecule has 4 rings (SSSR count). The molecular formula is C22H22FN3O4S. The second-order valence-corrected chi connectivity index (χ2v) is 9.31. The monoisotopic (exact) mass is 443 g/mol. The van der Waals surface area contributed by atoms with Crippen LogP contribution in [0.1, 0.15) is 36.0 Å². The molecule has 1 N–H and O–H groups in total. The van der Waals surface area contributed by atoms with Crippen LogP contribution in [-0.2, 0) is 14.8 Å². The topological polar surface area (TPSA) is 95.9 Å². The maximum atomic E-state index is 13.9. The fraction of sp³-hybridized carbons (Fsp3) is 0.318. The van der Waals surface area contributed by atoms with Crippen molar-refractivity contribution in [1.29, 1.82) is 0 Å². The maximum absolute atomic E-state index is 13.9. The number of para-hydroxylation sites is 1. The minimum Gasteiger partial charge on any atom is -0.342 e. The third-order valence-corrected chi connectivity index (χ3v) is 6.85. The molecule has 0 aromatic heterocycles. The highest BCUT2D eigenvalue weighted by Gasteiger charge is 2.34. The number of hydrogen-bond donors (Lipinski definition) is 1. The first-order chi connectivity index (χ1) is 14.9. The average Bonchev–Trinajstić information content (AvgIpc) is 3.04. The normalized spacial score (nSPS) is 18.9. The predicted octanol–water partition coefficient (Wildman–Crippen LogP) is 3.54. The third kappa shape index (κ3) is 4.36. The highest BCUT2D eigenvalue weighted by atomic mass is 32.2. The molecule has 0 saturated carbocycles. The lowest BCUT2D eigenvalue weighted by Crippen LogP contribution is -2.41. The molecular weight excluding hydrogens is 421 g/mol. The number of halogens is 1. The molecule has 162 valence electrons. The predicted molar refractivity (Wildman–Crippen MR) is 115 cm³/mol. The fourth-order valence-electron chi connectivity index (χ4n) is 3.79. The lowest BCUT2D eigenvalue weighted by Gasteiger charge is -2.25. The van der Waals surface area contributed by atoms with E-state index in [1.54, 1.807) is 4.90 Å². The molecule has 1 atom stereocenters. The molecule has 2 aromatic rings. The first kappa shape index (κ1) is 21.2. The molecule has 2 heterocycles. The number of likely N-dealkylation sites (tertiary alicyclic amines) is 1. The molecule has 2 aliphatic rings. The molecule has 9 heteroatoms. The highest BCUT2D eigenvalue weighted by molar-refractivity contribution is 7.92. The smallest absolute Gasteiger partial charge is 0.262 e. The van der Waals surface area contributed by atoms with E-state index in [1.807, 2.05) is 0 Å². The Morgan fingerprint density at radius 2 is 1.77 bits per heavy atom. The van der Waals surface area contributed by atoms with Crippen molar-refractivity contribution in [3.05, 3.63) is 53.8 Å². The van der Waals surface area contributed by atoms with Gasteiger partial charge in [0.05, 0.1) is 16.3 Å². The number of nitrogens with one attached hydrogen (secondary N) is 1. The first-order valence-corrected chi connectivity index (χ1v) is 11.6. The Morgan fingerprint density at radius 3 is 2.48 bits per heavy atom. The van der Waals surface area contributed by atoms with E-state index in [1.165, 1.54) is 42.6 Å². The van der Waals surface area contributed by atoms with E-state index in [2.05, 4.69) is 9.71 Å². The van der Waals surface area contributed by atoms with Crippen molar-refractivity contribution in [2.24, 2.45) is 10.9 Å². The minimum atomic E-state index is -4.15. The van der Waals surface area contributed by atoms with Crippen LogP contribution in [0.4, 0.5) is 15.8 Å². The van der Waals surface area contributed by atoms with Crippen molar-refractivity contribution in [3.63, 3.8) is 0 Å². The molecule has 1 fully saturated rings. The van der Waals surface area contributed by atoms with Crippen LogP contribution in [0.25, 0.3) is 0 Å². The summed E-state index contributed by atoms with van der Waals surface area (Å²) in [4.78, 5) is 31.7. The zero-order valence-electron chi connectivity index (χ0n) is 16.8. The van der Waals surface area contributed by atoms with Gasteiger partial charge in [0, 0.05) is 24.9 Å². The summed E-state index contributed by atoms with van der Waals surface area (Å²) in [6.45, 7) is 1.20. The van der Waals surface area contributed by atoms with Crippen LogP contribution >= 0.6 is 0 Å². The van der Waals surface area contributed by atoms with E-state index >= 15 is 0 Å². The van der Waals surface area contributed by atoms with Gasteiger partial charge >= 0.3 is 0 Å². The average molecular weight is 444 g/mol. The number of nitrogens with zero attached hydrogens (tertiary/aromatic N) is 2. The largest absolute Gasteiger partial charge is 0.342 e. The van der Waals surface area contributed by atoms with Crippen molar-refractivity contribution in [2.45, 2.75) is 30.6 Å². The van der Waals surface area contributed by atoms with Gasteiger partial charge in [-0.3, -0.25) is 19.3 Å². The number of ketones is 1. The lowest BCUT2D eigenvalue weighted by atomic mass is 9.93. The number of amides is 1. The van der Waals surface area contributed by atoms with E-state index in [0.717, 1.165) is 31.7 Å². The van der Waals surface area contributed by atoms with Gasteiger partial charge in [-0.1, -0.05) is 25.0 Å². The van der Waals surface area contributed by atoms with Crippen molar-refractivity contribution < 1.29 is 22.4 Å². The zero-order chi connectivity index (χ0) is 22.0. The molecule has 0 bridgehead atoms. The number of Topliss-reactive ketones (excluding diaryl/α,β-unsaturated/α-hetero) is 1. The molecule has 2 aromatic carbocycles. The summed E-state index contributed by atoms with van der Waals surface area (Å²) in [5.74, 6) is -2.57. The Bertz CT molecular complexity index is 1160. The van der Waals surface area contributed by atoms with E-state index < -0.39 is 27.5 Å². The van der Waals surface area contributed by atoms with Gasteiger partial charge in [-0.2, -0.15) is 0 Å². The van der Waals surface area contributed by atoms with E-state index in [4.69, 9.17) is 0 Å². The van der Waals surface area contributed by atoms with Crippen LogP contribution in [0.3, 0.4) is 0 Å². The van der Waals surface area contributed by atoms with Gasteiger partial charge in [-0.15, -0.1) is 0 Å². The van der Waals surface area contributed by atoms with Gasteiger partial charge in [0.25, 0.3) is 10.0 Å². The molecule has 7 nitrogen and oxygen atoms in total. The molecule has 0 spiro atoms. The molecule has 1 saturated heterocycles.